The zero-order chi connectivity index (χ0) is 32.0. The Hall–Kier alpha value is -4.08. The molecule has 236 valence electrons. The van der Waals surface area contributed by atoms with Gasteiger partial charge in [-0.25, -0.2) is 4.79 Å². The van der Waals surface area contributed by atoms with Crippen LogP contribution in [0.1, 0.15) is 89.8 Å². The molecule has 0 aliphatic rings. The lowest BCUT2D eigenvalue weighted by Gasteiger charge is -2.34. The van der Waals surface area contributed by atoms with E-state index in [1.807, 2.05) is 31.2 Å². The molecule has 2 unspecified atom stereocenters. The Morgan fingerprint density at radius 1 is 0.977 bits per heavy atom. The predicted molar refractivity (Wildman–Crippen MR) is 168 cm³/mol. The fourth-order valence-corrected chi connectivity index (χ4v) is 4.64. The molecule has 2 aromatic carbocycles. The number of alkyl carbamates (subject to hydrolysis) is 1. The third kappa shape index (κ3) is 12.4. The minimum Gasteiger partial charge on any atom is -0.497 e. The smallest absolute Gasteiger partial charge is 0.408 e. The number of methoxy groups -OCH3 is 1. The number of amides is 4. The summed E-state index contributed by atoms with van der Waals surface area (Å²) in [5.41, 5.74) is 6.70. The number of unbranched alkanes of at least 4 members (excludes halogenated alkanes) is 4. The summed E-state index contributed by atoms with van der Waals surface area (Å²) in [6.45, 7) is 9.45. The van der Waals surface area contributed by atoms with E-state index in [0.29, 0.717) is 23.4 Å². The maximum Gasteiger partial charge on any atom is 0.408 e. The normalized spacial score (nSPS) is 12.5. The van der Waals surface area contributed by atoms with Gasteiger partial charge >= 0.3 is 6.09 Å². The summed E-state index contributed by atoms with van der Waals surface area (Å²) < 4.78 is 10.6. The van der Waals surface area contributed by atoms with Crippen molar-refractivity contribution in [3.63, 3.8) is 0 Å². The fourth-order valence-electron chi connectivity index (χ4n) is 4.64. The second-order valence-corrected chi connectivity index (χ2v) is 11.7. The van der Waals surface area contributed by atoms with E-state index in [1.165, 1.54) is 4.90 Å². The van der Waals surface area contributed by atoms with Gasteiger partial charge in [0.1, 0.15) is 23.4 Å². The molecule has 0 saturated heterocycles. The van der Waals surface area contributed by atoms with Crippen LogP contribution in [0.15, 0.2) is 48.5 Å². The van der Waals surface area contributed by atoms with Crippen molar-refractivity contribution in [2.45, 2.75) is 97.2 Å². The summed E-state index contributed by atoms with van der Waals surface area (Å²) in [6.07, 6.45) is 3.66. The second kappa shape index (κ2) is 17.1. The molecule has 43 heavy (non-hydrogen) atoms. The highest BCUT2D eigenvalue weighted by atomic mass is 16.6. The van der Waals surface area contributed by atoms with Gasteiger partial charge in [0.15, 0.2) is 0 Å². The topological polar surface area (TPSA) is 140 Å². The van der Waals surface area contributed by atoms with Crippen molar-refractivity contribution in [2.75, 3.05) is 19.0 Å². The summed E-state index contributed by atoms with van der Waals surface area (Å²) >= 11 is 0. The van der Waals surface area contributed by atoms with Crippen LogP contribution in [-0.2, 0) is 19.1 Å². The van der Waals surface area contributed by atoms with Gasteiger partial charge < -0.3 is 30.7 Å². The first-order chi connectivity index (χ1) is 20.3. The summed E-state index contributed by atoms with van der Waals surface area (Å²) in [6, 6.07) is 12.2. The van der Waals surface area contributed by atoms with Crippen LogP contribution < -0.4 is 21.1 Å². The summed E-state index contributed by atoms with van der Waals surface area (Å²) in [7, 11) is 1.56. The van der Waals surface area contributed by atoms with Crippen molar-refractivity contribution < 1.29 is 28.7 Å². The highest BCUT2D eigenvalue weighted by Gasteiger charge is 2.36. The van der Waals surface area contributed by atoms with Crippen LogP contribution in [0.3, 0.4) is 0 Å². The molecule has 2 atom stereocenters. The monoisotopic (exact) mass is 596 g/mol. The number of nitrogens with two attached hydrogens (primary N) is 1. The lowest BCUT2D eigenvalue weighted by Crippen LogP contribution is -2.52. The predicted octanol–water partition coefficient (Wildman–Crippen LogP) is 5.64. The van der Waals surface area contributed by atoms with Crippen LogP contribution in [0.4, 0.5) is 10.5 Å². The molecular weight excluding hydrogens is 548 g/mol. The molecule has 2 aromatic rings. The molecule has 10 heteroatoms. The van der Waals surface area contributed by atoms with Gasteiger partial charge in [-0.1, -0.05) is 62.4 Å². The maximum absolute atomic E-state index is 14.3. The molecule has 0 aromatic heterocycles. The number of primary amides is 1. The maximum atomic E-state index is 14.3. The molecule has 0 fully saturated rings. The molecule has 0 aliphatic heterocycles. The van der Waals surface area contributed by atoms with Crippen LogP contribution in [0, 0.1) is 6.92 Å². The summed E-state index contributed by atoms with van der Waals surface area (Å²) in [4.78, 5) is 54.4. The van der Waals surface area contributed by atoms with E-state index >= 15 is 0 Å². The molecule has 4 N–H and O–H groups in total. The first-order valence-corrected chi connectivity index (χ1v) is 14.9. The van der Waals surface area contributed by atoms with E-state index in [-0.39, 0.29) is 19.4 Å². The Morgan fingerprint density at radius 2 is 1.65 bits per heavy atom. The van der Waals surface area contributed by atoms with Crippen LogP contribution in [0.5, 0.6) is 5.75 Å². The Morgan fingerprint density at radius 3 is 2.23 bits per heavy atom. The number of aryl methyl sites for hydroxylation is 1. The molecule has 0 saturated carbocycles. The Balaban J connectivity index is 2.53. The Bertz CT molecular complexity index is 1210. The van der Waals surface area contributed by atoms with Gasteiger partial charge in [-0.05, 0) is 70.4 Å². The number of hydrogen-bond donors (Lipinski definition) is 3. The lowest BCUT2D eigenvalue weighted by molar-refractivity contribution is -0.141. The number of nitrogens with one attached hydrogen (secondary N) is 2. The average molecular weight is 597 g/mol. The van der Waals surface area contributed by atoms with E-state index in [4.69, 9.17) is 15.2 Å². The van der Waals surface area contributed by atoms with Gasteiger partial charge in [0.25, 0.3) is 5.91 Å². The quantitative estimate of drug-likeness (QED) is 0.214. The molecule has 0 aliphatic carbocycles. The molecule has 4 amide bonds. The van der Waals surface area contributed by atoms with Crippen molar-refractivity contribution in [2.24, 2.45) is 5.73 Å². The van der Waals surface area contributed by atoms with Gasteiger partial charge in [-0.3, -0.25) is 14.4 Å². The number of carbonyl (C=O) groups is 4. The minimum absolute atomic E-state index is 0.0413. The van der Waals surface area contributed by atoms with Gasteiger partial charge in [-0.2, -0.15) is 0 Å². The van der Waals surface area contributed by atoms with Gasteiger partial charge in [-0.15, -0.1) is 0 Å². The molecule has 0 spiro atoms. The first-order valence-electron chi connectivity index (χ1n) is 14.9. The Labute approximate surface area is 255 Å². The van der Waals surface area contributed by atoms with E-state index in [2.05, 4.69) is 17.6 Å². The van der Waals surface area contributed by atoms with E-state index in [9.17, 15) is 19.2 Å². The number of anilines is 1. The van der Waals surface area contributed by atoms with Gasteiger partial charge in [0.2, 0.25) is 11.8 Å². The van der Waals surface area contributed by atoms with E-state index in [1.54, 1.807) is 52.1 Å². The highest BCUT2D eigenvalue weighted by Crippen LogP contribution is 2.27. The molecule has 2 rings (SSSR count). The SMILES string of the molecule is CCCCCCCN(C(=O)C(CCC(N)=O)NC(=O)OC(C)(C)C)C(C(=O)Nc1ccc(OC)cc1)c1cccc(C)c1. The standard InChI is InChI=1S/C33H48N4O6/c1-7-8-9-10-11-21-37(31(40)27(19-20-28(34)38)36-32(41)43-33(3,4)5)29(24-14-12-13-23(2)22-24)30(39)35-25-15-17-26(42-6)18-16-25/h12-18,22,27,29H,7-11,19-21H2,1-6H3,(H2,34,38)(H,35,39)(H,36,41). The number of nitrogens with zero attached hydrogens (tertiary/aromatic N) is 1. The average Bonchev–Trinajstić information content (AvgIpc) is 2.93. The van der Waals surface area contributed by atoms with Crippen LogP contribution >= 0.6 is 0 Å². The van der Waals surface area contributed by atoms with Crippen molar-refractivity contribution in [3.8, 4) is 5.75 Å². The van der Waals surface area contributed by atoms with Gasteiger partial charge in [0.05, 0.1) is 7.11 Å². The van der Waals surface area contributed by atoms with Crippen LogP contribution in [0.25, 0.3) is 0 Å². The first kappa shape index (κ1) is 35.1. The third-order valence-electron chi connectivity index (χ3n) is 6.73. The van der Waals surface area contributed by atoms with Crippen molar-refractivity contribution in [3.05, 3.63) is 59.7 Å². The van der Waals surface area contributed by atoms with E-state index < -0.39 is 41.5 Å². The second-order valence-electron chi connectivity index (χ2n) is 11.7. The highest BCUT2D eigenvalue weighted by molar-refractivity contribution is 5.99. The van der Waals surface area contributed by atoms with Crippen LogP contribution in [0.2, 0.25) is 0 Å². The lowest BCUT2D eigenvalue weighted by atomic mass is 9.99. The number of rotatable bonds is 16. The van der Waals surface area contributed by atoms with Crippen molar-refractivity contribution in [1.82, 2.24) is 10.2 Å². The minimum atomic E-state index is -1.14. The van der Waals surface area contributed by atoms with Crippen LogP contribution in [-0.4, -0.2) is 54.0 Å². The molecular formula is C33H48N4O6. The van der Waals surface area contributed by atoms with Crippen molar-refractivity contribution in [1.29, 1.82) is 0 Å². The molecule has 0 bridgehead atoms. The number of benzene rings is 2. The largest absolute Gasteiger partial charge is 0.497 e. The van der Waals surface area contributed by atoms with Crippen molar-refractivity contribution >= 4 is 29.5 Å². The number of carbonyl (C=O) groups excluding carboxylic acids is 4. The summed E-state index contributed by atoms with van der Waals surface area (Å²) in [5, 5.41) is 5.58. The molecule has 0 radical (unpaired) electrons. The fraction of sp³-hybridized carbons (Fsp3) is 0.515. The zero-order valence-corrected chi connectivity index (χ0v) is 26.4. The molecule has 0 heterocycles. The number of hydrogen-bond acceptors (Lipinski definition) is 6. The third-order valence-corrected chi connectivity index (χ3v) is 6.73. The van der Waals surface area contributed by atoms with Gasteiger partial charge in [0, 0.05) is 18.7 Å². The zero-order valence-electron chi connectivity index (χ0n) is 26.4. The Kier molecular flexibility index (Phi) is 14.0. The van der Waals surface area contributed by atoms with E-state index in [0.717, 1.165) is 31.2 Å². The number of ether oxygens (including phenoxy) is 2. The molecule has 10 nitrogen and oxygen atoms in total. The summed E-state index contributed by atoms with van der Waals surface area (Å²) in [5.74, 6) is -0.882.